The molecule has 1 saturated heterocycles. The summed E-state index contributed by atoms with van der Waals surface area (Å²) in [6, 6.07) is 23.7. The van der Waals surface area contributed by atoms with Crippen molar-refractivity contribution in [1.29, 1.82) is 0 Å². The Morgan fingerprint density at radius 1 is 1.03 bits per heavy atom. The molecule has 0 N–H and O–H groups in total. The van der Waals surface area contributed by atoms with Crippen molar-refractivity contribution < 1.29 is 9.47 Å². The van der Waals surface area contributed by atoms with Gasteiger partial charge in [0.2, 0.25) is 0 Å². The molecule has 31 heavy (non-hydrogen) atoms. The molecule has 1 aliphatic heterocycles. The van der Waals surface area contributed by atoms with Crippen molar-refractivity contribution in [2.75, 3.05) is 39.5 Å². The lowest BCUT2D eigenvalue weighted by Crippen LogP contribution is -2.38. The van der Waals surface area contributed by atoms with Gasteiger partial charge in [-0.2, -0.15) is 0 Å². The molecular formula is C27H31NO2S. The van der Waals surface area contributed by atoms with Gasteiger partial charge in [0, 0.05) is 30.4 Å². The molecule has 162 valence electrons. The van der Waals surface area contributed by atoms with Crippen LogP contribution in [0, 0.1) is 0 Å². The highest BCUT2D eigenvalue weighted by molar-refractivity contribution is 7.10. The molecule has 0 saturated carbocycles. The quantitative estimate of drug-likeness (QED) is 0.408. The zero-order valence-electron chi connectivity index (χ0n) is 18.2. The first kappa shape index (κ1) is 21.8. The molecule has 4 heteroatoms. The number of morpholine rings is 1. The number of nitrogens with zero attached hydrogens (tertiary/aromatic N) is 1. The van der Waals surface area contributed by atoms with E-state index in [0.717, 1.165) is 45.0 Å². The lowest BCUT2D eigenvalue weighted by Gasteiger charge is -2.26. The van der Waals surface area contributed by atoms with E-state index in [2.05, 4.69) is 90.0 Å². The number of thiophene rings is 1. The van der Waals surface area contributed by atoms with E-state index < -0.39 is 0 Å². The Morgan fingerprint density at radius 2 is 1.81 bits per heavy atom. The van der Waals surface area contributed by atoms with Crippen LogP contribution in [-0.2, 0) is 4.74 Å². The fourth-order valence-corrected chi connectivity index (χ4v) is 4.79. The third-order valence-corrected chi connectivity index (χ3v) is 6.72. The third kappa shape index (κ3) is 6.07. The van der Waals surface area contributed by atoms with Gasteiger partial charge in [0.25, 0.3) is 0 Å². The second-order valence-electron chi connectivity index (χ2n) is 7.78. The summed E-state index contributed by atoms with van der Waals surface area (Å²) in [5.41, 5.74) is 3.98. The minimum Gasteiger partial charge on any atom is -0.492 e. The molecule has 1 fully saturated rings. The normalized spacial score (nSPS) is 16.2. The molecule has 2 aromatic carbocycles. The van der Waals surface area contributed by atoms with Gasteiger partial charge in [-0.25, -0.2) is 0 Å². The Kier molecular flexibility index (Phi) is 7.94. The van der Waals surface area contributed by atoms with Crippen LogP contribution in [0.1, 0.15) is 35.3 Å². The van der Waals surface area contributed by atoms with Crippen LogP contribution in [-0.4, -0.2) is 44.4 Å². The summed E-state index contributed by atoms with van der Waals surface area (Å²) in [6.07, 6.45) is 3.43. The van der Waals surface area contributed by atoms with E-state index in [4.69, 9.17) is 9.47 Å². The van der Waals surface area contributed by atoms with Crippen molar-refractivity contribution in [3.8, 4) is 5.75 Å². The first-order valence-corrected chi connectivity index (χ1v) is 12.0. The molecule has 0 spiro atoms. The zero-order valence-corrected chi connectivity index (χ0v) is 19.0. The maximum Gasteiger partial charge on any atom is 0.119 e. The standard InChI is InChI=1S/C27H31NO2S/c1-2-22(23-7-4-3-5-8-23)21-26(27-9-6-20-31-27)24-10-12-25(13-11-24)30-19-16-28-14-17-29-18-15-28/h3-13,20-21,26H,2,14-19H2,1H3/b22-21+/t26-/m1/s1. The van der Waals surface area contributed by atoms with Gasteiger partial charge in [-0.05, 0) is 46.7 Å². The summed E-state index contributed by atoms with van der Waals surface area (Å²) in [4.78, 5) is 3.76. The highest BCUT2D eigenvalue weighted by Crippen LogP contribution is 2.34. The van der Waals surface area contributed by atoms with Crippen molar-refractivity contribution in [3.05, 3.63) is 94.2 Å². The van der Waals surface area contributed by atoms with Gasteiger partial charge in [-0.1, -0.05) is 61.5 Å². The number of hydrogen-bond donors (Lipinski definition) is 0. The van der Waals surface area contributed by atoms with Gasteiger partial charge >= 0.3 is 0 Å². The van der Waals surface area contributed by atoms with Gasteiger partial charge in [0.1, 0.15) is 12.4 Å². The highest BCUT2D eigenvalue weighted by Gasteiger charge is 2.15. The van der Waals surface area contributed by atoms with E-state index >= 15 is 0 Å². The van der Waals surface area contributed by atoms with Crippen molar-refractivity contribution in [3.63, 3.8) is 0 Å². The molecule has 1 aromatic heterocycles. The Labute approximate surface area is 189 Å². The topological polar surface area (TPSA) is 21.7 Å². The Bertz CT molecular complexity index is 929. The maximum absolute atomic E-state index is 6.01. The van der Waals surface area contributed by atoms with Gasteiger partial charge in [-0.3, -0.25) is 4.90 Å². The molecule has 1 aliphatic rings. The van der Waals surface area contributed by atoms with Crippen molar-refractivity contribution >= 4 is 16.9 Å². The van der Waals surface area contributed by atoms with Gasteiger partial charge in [-0.15, -0.1) is 11.3 Å². The summed E-state index contributed by atoms with van der Waals surface area (Å²) in [5.74, 6) is 1.18. The summed E-state index contributed by atoms with van der Waals surface area (Å²) in [5, 5.41) is 2.16. The van der Waals surface area contributed by atoms with Gasteiger partial charge in [0.15, 0.2) is 0 Å². The van der Waals surface area contributed by atoms with Crippen LogP contribution < -0.4 is 4.74 Å². The summed E-state index contributed by atoms with van der Waals surface area (Å²) < 4.78 is 11.4. The third-order valence-electron chi connectivity index (χ3n) is 5.76. The molecule has 0 bridgehead atoms. The molecule has 1 atom stereocenters. The predicted molar refractivity (Wildman–Crippen MR) is 130 cm³/mol. The van der Waals surface area contributed by atoms with Crippen LogP contribution >= 0.6 is 11.3 Å². The molecule has 0 unspecified atom stereocenters. The Balaban J connectivity index is 1.48. The van der Waals surface area contributed by atoms with Gasteiger partial charge in [0.05, 0.1) is 13.2 Å². The fourth-order valence-electron chi connectivity index (χ4n) is 3.97. The molecule has 2 heterocycles. The number of allylic oxidation sites excluding steroid dienone is 2. The van der Waals surface area contributed by atoms with Crippen LogP contribution in [0.2, 0.25) is 0 Å². The van der Waals surface area contributed by atoms with Crippen LogP contribution in [0.25, 0.3) is 5.57 Å². The Hall–Kier alpha value is -2.40. The second kappa shape index (κ2) is 11.3. The number of hydrogen-bond acceptors (Lipinski definition) is 4. The number of rotatable bonds is 9. The van der Waals surface area contributed by atoms with E-state index in [0.29, 0.717) is 6.61 Å². The monoisotopic (exact) mass is 433 g/mol. The smallest absolute Gasteiger partial charge is 0.119 e. The molecule has 0 aliphatic carbocycles. The van der Waals surface area contributed by atoms with Crippen molar-refractivity contribution in [2.45, 2.75) is 19.3 Å². The molecular weight excluding hydrogens is 402 g/mol. The average Bonchev–Trinajstić information content (AvgIpc) is 3.36. The number of benzene rings is 2. The SMILES string of the molecule is CC/C(=C\[C@H](c1ccc(OCCN2CCOCC2)cc1)c1cccs1)c1ccccc1. The zero-order chi connectivity index (χ0) is 21.3. The first-order valence-electron chi connectivity index (χ1n) is 11.2. The fraction of sp³-hybridized carbons (Fsp3) is 0.333. The minimum atomic E-state index is 0.248. The van der Waals surface area contributed by atoms with E-state index in [1.165, 1.54) is 21.6 Å². The summed E-state index contributed by atoms with van der Waals surface area (Å²) >= 11 is 1.82. The van der Waals surface area contributed by atoms with Crippen LogP contribution in [0.4, 0.5) is 0 Å². The van der Waals surface area contributed by atoms with Crippen LogP contribution in [0.15, 0.2) is 78.2 Å². The number of ether oxygens (including phenoxy) is 2. The van der Waals surface area contributed by atoms with E-state index in [9.17, 15) is 0 Å². The maximum atomic E-state index is 6.01. The highest BCUT2D eigenvalue weighted by atomic mass is 32.1. The van der Waals surface area contributed by atoms with E-state index in [-0.39, 0.29) is 5.92 Å². The summed E-state index contributed by atoms with van der Waals surface area (Å²) in [6.45, 7) is 7.54. The second-order valence-corrected chi connectivity index (χ2v) is 8.76. The predicted octanol–water partition coefficient (Wildman–Crippen LogP) is 6.08. The first-order chi connectivity index (χ1) is 15.3. The lowest BCUT2D eigenvalue weighted by molar-refractivity contribution is 0.0322. The molecule has 3 aromatic rings. The van der Waals surface area contributed by atoms with Crippen molar-refractivity contribution in [1.82, 2.24) is 4.90 Å². The summed E-state index contributed by atoms with van der Waals surface area (Å²) in [7, 11) is 0. The molecule has 3 nitrogen and oxygen atoms in total. The average molecular weight is 434 g/mol. The van der Waals surface area contributed by atoms with E-state index in [1.54, 1.807) is 0 Å². The Morgan fingerprint density at radius 3 is 2.48 bits per heavy atom. The molecule has 0 amide bonds. The largest absolute Gasteiger partial charge is 0.492 e. The van der Waals surface area contributed by atoms with E-state index in [1.807, 2.05) is 11.3 Å². The van der Waals surface area contributed by atoms with Crippen molar-refractivity contribution in [2.24, 2.45) is 0 Å². The molecule has 0 radical (unpaired) electrons. The van der Waals surface area contributed by atoms with Crippen LogP contribution in [0.5, 0.6) is 5.75 Å². The molecule has 4 rings (SSSR count). The minimum absolute atomic E-state index is 0.248. The van der Waals surface area contributed by atoms with Crippen LogP contribution in [0.3, 0.4) is 0 Å². The van der Waals surface area contributed by atoms with Gasteiger partial charge < -0.3 is 9.47 Å². The lowest BCUT2D eigenvalue weighted by atomic mass is 9.91.